The van der Waals surface area contributed by atoms with Gasteiger partial charge in [-0.3, -0.25) is 4.99 Å². The first-order valence-electron chi connectivity index (χ1n) is 10.6. The lowest BCUT2D eigenvalue weighted by atomic mass is 9.87. The summed E-state index contributed by atoms with van der Waals surface area (Å²) < 4.78 is 17.0. The molecule has 0 radical (unpaired) electrons. The zero-order chi connectivity index (χ0) is 19.2. The van der Waals surface area contributed by atoms with Gasteiger partial charge in [-0.1, -0.05) is 24.3 Å². The molecule has 1 N–H and O–H groups in total. The number of likely N-dealkylation sites (tertiary alicyclic amines) is 1. The van der Waals surface area contributed by atoms with Gasteiger partial charge in [0.25, 0.3) is 0 Å². The van der Waals surface area contributed by atoms with Crippen LogP contribution >= 0.6 is 24.0 Å². The number of guanidine groups is 1. The lowest BCUT2D eigenvalue weighted by molar-refractivity contribution is -0.0390. The summed E-state index contributed by atoms with van der Waals surface area (Å²) in [5, 5.41) is 3.53. The van der Waals surface area contributed by atoms with Gasteiger partial charge in [0.2, 0.25) is 0 Å². The van der Waals surface area contributed by atoms with Crippen molar-refractivity contribution < 1.29 is 14.2 Å². The molecule has 7 heteroatoms. The van der Waals surface area contributed by atoms with Crippen molar-refractivity contribution in [2.45, 2.75) is 44.9 Å². The van der Waals surface area contributed by atoms with Gasteiger partial charge in [0.05, 0.1) is 19.3 Å². The quantitative estimate of drug-likeness (QED) is 0.371. The van der Waals surface area contributed by atoms with Gasteiger partial charge < -0.3 is 24.4 Å². The fourth-order valence-corrected chi connectivity index (χ4v) is 4.41. The van der Waals surface area contributed by atoms with Crippen LogP contribution in [0.5, 0.6) is 0 Å². The molecule has 0 bridgehead atoms. The second-order valence-corrected chi connectivity index (χ2v) is 8.31. The fraction of sp³-hybridized carbons (Fsp3) is 0.682. The Bertz CT molecular complexity index is 656. The number of hydrogen-bond donors (Lipinski definition) is 1. The maximum absolute atomic E-state index is 6.01. The van der Waals surface area contributed by atoms with Crippen LogP contribution in [0.1, 0.15) is 36.8 Å². The Labute approximate surface area is 191 Å². The lowest BCUT2D eigenvalue weighted by Crippen LogP contribution is -2.41. The summed E-state index contributed by atoms with van der Waals surface area (Å²) >= 11 is 0. The van der Waals surface area contributed by atoms with Crippen LogP contribution in [0.15, 0.2) is 29.3 Å². The van der Waals surface area contributed by atoms with Crippen LogP contribution in [0.3, 0.4) is 0 Å². The van der Waals surface area contributed by atoms with Crippen LogP contribution in [0.25, 0.3) is 0 Å². The minimum absolute atomic E-state index is 0. The average Bonchev–Trinajstić information content (AvgIpc) is 3.38. The van der Waals surface area contributed by atoms with E-state index in [9.17, 15) is 0 Å². The molecule has 3 heterocycles. The maximum Gasteiger partial charge on any atom is 0.193 e. The number of ether oxygens (including phenoxy) is 3. The molecule has 0 aliphatic carbocycles. The van der Waals surface area contributed by atoms with Crippen molar-refractivity contribution in [1.29, 1.82) is 0 Å². The van der Waals surface area contributed by atoms with Gasteiger partial charge in [0.15, 0.2) is 5.96 Å². The number of rotatable bonds is 5. The predicted octanol–water partition coefficient (Wildman–Crippen LogP) is 3.19. The van der Waals surface area contributed by atoms with Crippen LogP contribution < -0.4 is 5.32 Å². The molecule has 1 aromatic rings. The van der Waals surface area contributed by atoms with Crippen LogP contribution in [0.4, 0.5) is 0 Å². The summed E-state index contributed by atoms with van der Waals surface area (Å²) in [6, 6.07) is 8.69. The van der Waals surface area contributed by atoms with E-state index in [1.54, 1.807) is 0 Å². The summed E-state index contributed by atoms with van der Waals surface area (Å²) in [5.74, 6) is 0.996. The Kier molecular flexibility index (Phi) is 8.58. The number of hydrogen-bond acceptors (Lipinski definition) is 4. The Hall–Kier alpha value is -0.900. The molecular weight excluding hydrogens is 481 g/mol. The zero-order valence-corrected chi connectivity index (χ0v) is 19.7. The lowest BCUT2D eigenvalue weighted by Gasteiger charge is -2.25. The van der Waals surface area contributed by atoms with Gasteiger partial charge >= 0.3 is 0 Å². The number of benzene rings is 1. The van der Waals surface area contributed by atoms with E-state index in [4.69, 9.17) is 14.2 Å². The van der Waals surface area contributed by atoms with E-state index in [0.717, 1.165) is 64.9 Å². The smallest absolute Gasteiger partial charge is 0.193 e. The monoisotopic (exact) mass is 515 g/mol. The van der Waals surface area contributed by atoms with Crippen LogP contribution in [-0.2, 0) is 27.4 Å². The van der Waals surface area contributed by atoms with Gasteiger partial charge in [0, 0.05) is 51.9 Å². The molecule has 29 heavy (non-hydrogen) atoms. The van der Waals surface area contributed by atoms with Crippen molar-refractivity contribution in [1.82, 2.24) is 10.2 Å². The largest absolute Gasteiger partial charge is 0.381 e. The summed E-state index contributed by atoms with van der Waals surface area (Å²) in [7, 11) is 1.87. The molecule has 0 amide bonds. The SMILES string of the molecule is CN=C(NCc1ccc(COC2CCOCC2)cc1)N1CCC2(CCOC2)C1.I. The van der Waals surface area contributed by atoms with Gasteiger partial charge in [-0.05, 0) is 36.8 Å². The highest BCUT2D eigenvalue weighted by atomic mass is 127. The Balaban J connectivity index is 0.00000240. The molecule has 1 spiro atoms. The molecule has 162 valence electrons. The number of nitrogens with zero attached hydrogens (tertiary/aromatic N) is 2. The van der Waals surface area contributed by atoms with E-state index in [1.807, 2.05) is 7.05 Å². The summed E-state index contributed by atoms with van der Waals surface area (Å²) in [5.41, 5.74) is 2.83. The van der Waals surface area contributed by atoms with Crippen LogP contribution in [0.2, 0.25) is 0 Å². The van der Waals surface area contributed by atoms with E-state index >= 15 is 0 Å². The third-order valence-electron chi connectivity index (χ3n) is 6.26. The van der Waals surface area contributed by atoms with Gasteiger partial charge in [-0.2, -0.15) is 0 Å². The third kappa shape index (κ3) is 6.06. The predicted molar refractivity (Wildman–Crippen MR) is 125 cm³/mol. The Morgan fingerprint density at radius 1 is 1.14 bits per heavy atom. The van der Waals surface area contributed by atoms with E-state index < -0.39 is 0 Å². The first-order valence-corrected chi connectivity index (χ1v) is 10.6. The second kappa shape index (κ2) is 10.9. The van der Waals surface area contributed by atoms with Gasteiger partial charge in [-0.15, -0.1) is 24.0 Å². The van der Waals surface area contributed by atoms with Gasteiger partial charge in [0.1, 0.15) is 0 Å². The molecule has 3 aliphatic heterocycles. The average molecular weight is 515 g/mol. The number of halogens is 1. The van der Waals surface area contributed by atoms with E-state index in [-0.39, 0.29) is 24.0 Å². The summed E-state index contributed by atoms with van der Waals surface area (Å²) in [6.07, 6.45) is 4.73. The molecule has 3 saturated heterocycles. The highest BCUT2D eigenvalue weighted by Gasteiger charge is 2.42. The number of nitrogens with one attached hydrogen (secondary N) is 1. The molecule has 3 fully saturated rings. The van der Waals surface area contributed by atoms with E-state index in [2.05, 4.69) is 39.5 Å². The standard InChI is InChI=1S/C22H33N3O3.HI/c1-23-21(25-10-8-22(16-25)9-13-27-17-22)24-14-18-2-4-19(5-3-18)15-28-20-6-11-26-12-7-20;/h2-5,20H,6-17H2,1H3,(H,23,24);1H. The van der Waals surface area contributed by atoms with Crippen molar-refractivity contribution >= 4 is 29.9 Å². The fourth-order valence-electron chi connectivity index (χ4n) is 4.41. The molecule has 1 unspecified atom stereocenters. The van der Waals surface area contributed by atoms with E-state index in [0.29, 0.717) is 18.1 Å². The van der Waals surface area contributed by atoms with E-state index in [1.165, 1.54) is 24.0 Å². The highest BCUT2D eigenvalue weighted by molar-refractivity contribution is 14.0. The summed E-state index contributed by atoms with van der Waals surface area (Å²) in [4.78, 5) is 6.88. The molecule has 3 aliphatic rings. The first kappa shape index (κ1) is 22.8. The van der Waals surface area contributed by atoms with Crippen LogP contribution in [0, 0.1) is 5.41 Å². The third-order valence-corrected chi connectivity index (χ3v) is 6.26. The van der Waals surface area contributed by atoms with Gasteiger partial charge in [-0.25, -0.2) is 0 Å². The molecule has 4 rings (SSSR count). The first-order chi connectivity index (χ1) is 13.8. The normalized spacial score (nSPS) is 25.4. The topological polar surface area (TPSA) is 55.3 Å². The zero-order valence-electron chi connectivity index (χ0n) is 17.4. The number of aliphatic imine (C=N–C) groups is 1. The molecular formula is C22H34IN3O3. The molecule has 0 saturated carbocycles. The minimum atomic E-state index is 0. The molecule has 1 aromatic carbocycles. The second-order valence-electron chi connectivity index (χ2n) is 8.31. The minimum Gasteiger partial charge on any atom is -0.381 e. The van der Waals surface area contributed by atoms with Crippen molar-refractivity contribution in [3.8, 4) is 0 Å². The van der Waals surface area contributed by atoms with Crippen molar-refractivity contribution in [2.75, 3.05) is 46.6 Å². The van der Waals surface area contributed by atoms with Crippen molar-refractivity contribution in [2.24, 2.45) is 10.4 Å². The Morgan fingerprint density at radius 2 is 1.90 bits per heavy atom. The van der Waals surface area contributed by atoms with Crippen LogP contribution in [-0.4, -0.2) is 63.5 Å². The highest BCUT2D eigenvalue weighted by Crippen LogP contribution is 2.38. The Morgan fingerprint density at radius 3 is 2.59 bits per heavy atom. The summed E-state index contributed by atoms with van der Waals surface area (Å²) in [6.45, 7) is 7.03. The van der Waals surface area contributed by atoms with Crippen molar-refractivity contribution in [3.63, 3.8) is 0 Å². The maximum atomic E-state index is 6.01. The van der Waals surface area contributed by atoms with Crippen molar-refractivity contribution in [3.05, 3.63) is 35.4 Å². The molecule has 6 nitrogen and oxygen atoms in total. The molecule has 1 atom stereocenters. The molecule has 0 aromatic heterocycles.